The molecular weight excluding hydrogens is 350 g/mol. The third kappa shape index (κ3) is 16.6. The minimum Gasteiger partial charge on any atom is -0.396 e. The number of hydrogen-bond acceptors (Lipinski definition) is 6. The van der Waals surface area contributed by atoms with E-state index in [0.29, 0.717) is 17.5 Å². The van der Waals surface area contributed by atoms with Crippen LogP contribution in [0.1, 0.15) is 27.7 Å². The van der Waals surface area contributed by atoms with Crippen LogP contribution in [0.4, 0.5) is 11.5 Å². The summed E-state index contributed by atoms with van der Waals surface area (Å²) in [7, 11) is 3.78. The van der Waals surface area contributed by atoms with Gasteiger partial charge in [0.1, 0.15) is 0 Å². The maximum Gasteiger partial charge on any atom is 0.193 e. The average molecular weight is 388 g/mol. The summed E-state index contributed by atoms with van der Waals surface area (Å²) >= 11 is 0. The van der Waals surface area contributed by atoms with Crippen molar-refractivity contribution in [2.75, 3.05) is 37.8 Å². The number of pyridine rings is 1. The standard InChI is InChI=1S/C9H17N5.C9H8O.2C2H6/c1-13(6-7-14(2)11)9-8(10)4-3-5-12-9;1-3-6-9(4-2)7-5-8-10;2*1-2/h3-5H,6-7,10-11H2,1-2H3;3-4,6,8H,1-2H2;2*1-2H3/b;9-6+;;. The number of likely N-dealkylation sites (N-methyl/N-ethyl adjacent to an activating group) is 2. The molecule has 0 bridgehead atoms. The molecule has 0 unspecified atom stereocenters. The van der Waals surface area contributed by atoms with Gasteiger partial charge >= 0.3 is 0 Å². The number of nitrogens with zero attached hydrogens (tertiary/aromatic N) is 3. The molecule has 1 heterocycles. The van der Waals surface area contributed by atoms with Crippen molar-refractivity contribution in [3.05, 3.63) is 55.3 Å². The van der Waals surface area contributed by atoms with Crippen molar-refractivity contribution >= 4 is 17.8 Å². The Bertz CT molecular complexity index is 627. The van der Waals surface area contributed by atoms with Gasteiger partial charge in [-0.3, -0.25) is 10.6 Å². The lowest BCUT2D eigenvalue weighted by Crippen LogP contribution is -2.35. The molecule has 1 aromatic rings. The molecule has 1 aromatic heterocycles. The fourth-order valence-corrected chi connectivity index (χ4v) is 1.54. The van der Waals surface area contributed by atoms with E-state index in [1.807, 2.05) is 58.8 Å². The van der Waals surface area contributed by atoms with Gasteiger partial charge < -0.3 is 10.6 Å². The van der Waals surface area contributed by atoms with Crippen molar-refractivity contribution < 1.29 is 4.79 Å². The number of rotatable bonds is 6. The van der Waals surface area contributed by atoms with Crippen LogP contribution in [0.3, 0.4) is 0 Å². The Kier molecular flexibility index (Phi) is 23.6. The van der Waals surface area contributed by atoms with Crippen LogP contribution in [-0.2, 0) is 4.79 Å². The van der Waals surface area contributed by atoms with E-state index in [4.69, 9.17) is 11.6 Å². The number of nitrogens with two attached hydrogens (primary N) is 2. The first-order chi connectivity index (χ1) is 13.5. The van der Waals surface area contributed by atoms with Gasteiger partial charge in [-0.2, -0.15) is 0 Å². The van der Waals surface area contributed by atoms with Crippen LogP contribution in [0.25, 0.3) is 0 Å². The van der Waals surface area contributed by atoms with E-state index in [2.05, 4.69) is 30.0 Å². The van der Waals surface area contributed by atoms with Gasteiger partial charge in [0.2, 0.25) is 0 Å². The zero-order chi connectivity index (χ0) is 22.4. The zero-order valence-corrected chi connectivity index (χ0v) is 18.3. The summed E-state index contributed by atoms with van der Waals surface area (Å²) in [6, 6.07) is 3.66. The number of nitrogen functional groups attached to an aromatic ring is 1. The first-order valence-corrected chi connectivity index (χ1v) is 9.24. The second-order valence-corrected chi connectivity index (χ2v) is 4.77. The molecule has 1 rings (SSSR count). The molecule has 0 fully saturated rings. The van der Waals surface area contributed by atoms with Crippen molar-refractivity contribution in [3.8, 4) is 11.8 Å². The van der Waals surface area contributed by atoms with Gasteiger partial charge in [-0.1, -0.05) is 58.9 Å². The first-order valence-electron chi connectivity index (χ1n) is 9.24. The fraction of sp³-hybridized carbons (Fsp3) is 0.364. The van der Waals surface area contributed by atoms with Crippen LogP contribution >= 0.6 is 0 Å². The minimum atomic E-state index is 0.542. The Labute approximate surface area is 171 Å². The molecule has 0 aliphatic heterocycles. The van der Waals surface area contributed by atoms with E-state index in [-0.39, 0.29) is 0 Å². The summed E-state index contributed by atoms with van der Waals surface area (Å²) < 4.78 is 0. The molecule has 4 N–H and O–H groups in total. The Balaban J connectivity index is -0.000000394. The number of carbonyl (C=O) groups is 1. The van der Waals surface area contributed by atoms with Crippen LogP contribution in [0.2, 0.25) is 0 Å². The number of allylic oxidation sites excluding steroid dienone is 4. The SMILES string of the molecule is C=C/C=C(/C#CC=O)C=C.CC.CC.CN(N)CCN(C)c1ncccc1N. The summed E-state index contributed by atoms with van der Waals surface area (Å²) in [5, 5.41) is 1.63. The van der Waals surface area contributed by atoms with E-state index in [0.717, 1.165) is 18.9 Å². The van der Waals surface area contributed by atoms with Gasteiger partial charge in [0, 0.05) is 39.0 Å². The molecule has 0 aromatic carbocycles. The third-order valence-corrected chi connectivity index (χ3v) is 2.76. The summed E-state index contributed by atoms with van der Waals surface area (Å²) in [6.07, 6.45) is 7.12. The molecule has 0 amide bonds. The highest BCUT2D eigenvalue weighted by Gasteiger charge is 2.05. The Morgan fingerprint density at radius 3 is 2.25 bits per heavy atom. The molecule has 0 saturated heterocycles. The molecule has 0 radical (unpaired) electrons. The number of hydrazine groups is 1. The summed E-state index contributed by atoms with van der Waals surface area (Å²) in [5.74, 6) is 11.2. The maximum atomic E-state index is 9.77. The molecule has 6 nitrogen and oxygen atoms in total. The zero-order valence-electron chi connectivity index (χ0n) is 18.3. The van der Waals surface area contributed by atoms with Gasteiger partial charge in [0.05, 0.1) is 5.69 Å². The van der Waals surface area contributed by atoms with E-state index in [1.165, 1.54) is 0 Å². The number of hydrogen-bond donors (Lipinski definition) is 2. The van der Waals surface area contributed by atoms with Crippen molar-refractivity contribution in [1.29, 1.82) is 0 Å². The normalized spacial score (nSPS) is 8.93. The predicted octanol–water partition coefficient (Wildman–Crippen LogP) is 3.45. The second kappa shape index (κ2) is 22.2. The topological polar surface area (TPSA) is 88.5 Å². The second-order valence-electron chi connectivity index (χ2n) is 4.77. The van der Waals surface area contributed by atoms with Gasteiger partial charge in [0.15, 0.2) is 12.1 Å². The molecule has 0 aliphatic carbocycles. The van der Waals surface area contributed by atoms with E-state index in [9.17, 15) is 4.79 Å². The first kappa shape index (κ1) is 29.9. The Morgan fingerprint density at radius 1 is 1.21 bits per heavy atom. The highest BCUT2D eigenvalue weighted by molar-refractivity contribution is 5.74. The van der Waals surface area contributed by atoms with Crippen molar-refractivity contribution in [3.63, 3.8) is 0 Å². The summed E-state index contributed by atoms with van der Waals surface area (Å²) in [6.45, 7) is 16.5. The minimum absolute atomic E-state index is 0.542. The smallest absolute Gasteiger partial charge is 0.193 e. The molecular formula is C22H37N5O. The molecule has 0 spiro atoms. The largest absolute Gasteiger partial charge is 0.396 e. The van der Waals surface area contributed by atoms with Gasteiger partial charge in [0.25, 0.3) is 0 Å². The van der Waals surface area contributed by atoms with E-state index in [1.54, 1.807) is 29.4 Å². The summed E-state index contributed by atoms with van der Waals surface area (Å²) in [5.41, 5.74) is 7.16. The predicted molar refractivity (Wildman–Crippen MR) is 124 cm³/mol. The monoisotopic (exact) mass is 387 g/mol. The summed E-state index contributed by atoms with van der Waals surface area (Å²) in [4.78, 5) is 16.0. The van der Waals surface area contributed by atoms with Crippen LogP contribution in [0, 0.1) is 11.8 Å². The van der Waals surface area contributed by atoms with Crippen LogP contribution < -0.4 is 16.5 Å². The van der Waals surface area contributed by atoms with E-state index < -0.39 is 0 Å². The molecule has 156 valence electrons. The van der Waals surface area contributed by atoms with Crippen LogP contribution in [0.15, 0.2) is 55.3 Å². The van der Waals surface area contributed by atoms with Gasteiger partial charge in [-0.15, -0.1) is 0 Å². The van der Waals surface area contributed by atoms with Crippen LogP contribution in [-0.4, -0.2) is 43.5 Å². The van der Waals surface area contributed by atoms with Crippen molar-refractivity contribution in [1.82, 2.24) is 9.99 Å². The average Bonchev–Trinajstić information content (AvgIpc) is 2.73. The molecule has 0 aliphatic rings. The molecule has 6 heteroatoms. The number of aromatic nitrogens is 1. The highest BCUT2D eigenvalue weighted by Crippen LogP contribution is 2.16. The fourth-order valence-electron chi connectivity index (χ4n) is 1.54. The maximum absolute atomic E-state index is 9.77. The Morgan fingerprint density at radius 2 is 1.82 bits per heavy atom. The molecule has 28 heavy (non-hydrogen) atoms. The lowest BCUT2D eigenvalue weighted by molar-refractivity contribution is -0.103. The molecule has 0 saturated carbocycles. The highest BCUT2D eigenvalue weighted by atomic mass is 16.1. The van der Waals surface area contributed by atoms with Crippen LogP contribution in [0.5, 0.6) is 0 Å². The van der Waals surface area contributed by atoms with E-state index >= 15 is 0 Å². The lowest BCUT2D eigenvalue weighted by Gasteiger charge is -2.21. The molecule has 0 atom stereocenters. The number of aldehydes is 1. The van der Waals surface area contributed by atoms with Crippen molar-refractivity contribution in [2.45, 2.75) is 27.7 Å². The van der Waals surface area contributed by atoms with Gasteiger partial charge in [-0.05, 0) is 24.1 Å². The third-order valence-electron chi connectivity index (χ3n) is 2.76. The lowest BCUT2D eigenvalue weighted by atomic mass is 10.2. The number of anilines is 2. The number of carbonyl (C=O) groups excluding carboxylic acids is 1. The van der Waals surface area contributed by atoms with Gasteiger partial charge in [-0.25, -0.2) is 9.99 Å². The Hall–Kier alpha value is -2.88. The van der Waals surface area contributed by atoms with Crippen molar-refractivity contribution in [2.24, 2.45) is 5.84 Å². The quantitative estimate of drug-likeness (QED) is 0.256.